The van der Waals surface area contributed by atoms with Crippen molar-refractivity contribution in [1.82, 2.24) is 20.5 Å². The maximum atomic E-state index is 12.0. The molecule has 0 saturated heterocycles. The van der Waals surface area contributed by atoms with Gasteiger partial charge in [-0.15, -0.1) is 35.3 Å². The van der Waals surface area contributed by atoms with Crippen LogP contribution < -0.4 is 10.6 Å². The van der Waals surface area contributed by atoms with E-state index in [1.165, 1.54) is 0 Å². The van der Waals surface area contributed by atoms with Crippen LogP contribution in [0.1, 0.15) is 31.5 Å². The molecule has 1 aromatic heterocycles. The summed E-state index contributed by atoms with van der Waals surface area (Å²) in [7, 11) is 3.70. The minimum Gasteiger partial charge on any atom is -0.356 e. The molecule has 0 fully saturated rings. The smallest absolute Gasteiger partial charge is 0.227 e. The summed E-state index contributed by atoms with van der Waals surface area (Å²) < 4.78 is 0. The van der Waals surface area contributed by atoms with Crippen LogP contribution in [0.15, 0.2) is 10.4 Å². The van der Waals surface area contributed by atoms with E-state index in [4.69, 9.17) is 0 Å². The van der Waals surface area contributed by atoms with E-state index in [0.717, 1.165) is 16.7 Å². The average Bonchev–Trinajstić information content (AvgIpc) is 2.84. The number of aliphatic imine (C=N–C) groups is 1. The molecule has 0 aromatic carbocycles. The summed E-state index contributed by atoms with van der Waals surface area (Å²) in [5.41, 5.74) is 0.528. The van der Waals surface area contributed by atoms with Crippen molar-refractivity contribution in [3.63, 3.8) is 0 Å². The molecule has 0 aliphatic heterocycles. The first-order valence-corrected chi connectivity index (χ1v) is 8.29. The zero-order chi connectivity index (χ0) is 16.8. The van der Waals surface area contributed by atoms with E-state index in [1.807, 2.05) is 39.6 Å². The molecular formula is C15H28IN5OS. The number of halogens is 1. The van der Waals surface area contributed by atoms with Crippen LogP contribution in [-0.2, 0) is 11.3 Å². The van der Waals surface area contributed by atoms with Crippen molar-refractivity contribution in [3.05, 3.63) is 16.1 Å². The van der Waals surface area contributed by atoms with Gasteiger partial charge in [0, 0.05) is 32.6 Å². The maximum absolute atomic E-state index is 12.0. The number of nitrogens with zero attached hydrogens (tertiary/aromatic N) is 3. The molecule has 0 bridgehead atoms. The van der Waals surface area contributed by atoms with Crippen LogP contribution in [0.2, 0.25) is 0 Å². The third-order valence-electron chi connectivity index (χ3n) is 3.28. The Kier molecular flexibility index (Phi) is 9.67. The van der Waals surface area contributed by atoms with Gasteiger partial charge in [-0.25, -0.2) is 4.98 Å². The zero-order valence-corrected chi connectivity index (χ0v) is 17.9. The molecule has 132 valence electrons. The predicted molar refractivity (Wildman–Crippen MR) is 108 cm³/mol. The summed E-state index contributed by atoms with van der Waals surface area (Å²) in [5.74, 6) is 0.791. The number of hydrogen-bond donors (Lipinski definition) is 2. The van der Waals surface area contributed by atoms with Gasteiger partial charge in [0.05, 0.1) is 22.7 Å². The third kappa shape index (κ3) is 7.03. The van der Waals surface area contributed by atoms with Gasteiger partial charge in [-0.05, 0) is 27.7 Å². The highest BCUT2D eigenvalue weighted by Gasteiger charge is 2.27. The van der Waals surface area contributed by atoms with Crippen LogP contribution in [0.5, 0.6) is 0 Å². The summed E-state index contributed by atoms with van der Waals surface area (Å²) in [6, 6.07) is 0. The molecule has 0 spiro atoms. The fourth-order valence-corrected chi connectivity index (χ4v) is 2.57. The molecule has 0 saturated carbocycles. The van der Waals surface area contributed by atoms with Gasteiger partial charge in [-0.3, -0.25) is 9.79 Å². The lowest BCUT2D eigenvalue weighted by Gasteiger charge is -2.27. The van der Waals surface area contributed by atoms with E-state index in [0.29, 0.717) is 19.6 Å². The largest absolute Gasteiger partial charge is 0.356 e. The van der Waals surface area contributed by atoms with E-state index >= 15 is 0 Å². The molecule has 1 rings (SSSR count). The minimum atomic E-state index is -0.496. The van der Waals surface area contributed by atoms with Crippen molar-refractivity contribution in [3.8, 4) is 0 Å². The molecule has 0 radical (unpaired) electrons. The second-order valence-corrected chi connectivity index (χ2v) is 6.92. The molecule has 2 N–H and O–H groups in total. The number of thiazole rings is 1. The van der Waals surface area contributed by atoms with Crippen molar-refractivity contribution in [2.45, 2.75) is 34.2 Å². The molecule has 0 atom stereocenters. The molecule has 0 aliphatic rings. The summed E-state index contributed by atoms with van der Waals surface area (Å²) in [5, 5.41) is 9.24. The second kappa shape index (κ2) is 10.1. The Morgan fingerprint density at radius 1 is 1.43 bits per heavy atom. The Morgan fingerprint density at radius 3 is 2.57 bits per heavy atom. The first-order valence-electron chi connectivity index (χ1n) is 7.41. The first kappa shape index (κ1) is 22.1. The van der Waals surface area contributed by atoms with Crippen LogP contribution in [0.3, 0.4) is 0 Å². The molecule has 6 nitrogen and oxygen atoms in total. The van der Waals surface area contributed by atoms with Gasteiger partial charge in [0.15, 0.2) is 5.96 Å². The zero-order valence-electron chi connectivity index (χ0n) is 14.8. The number of carbonyl (C=O) groups is 1. The lowest BCUT2D eigenvalue weighted by Crippen LogP contribution is -2.48. The number of aromatic nitrogens is 1. The van der Waals surface area contributed by atoms with Gasteiger partial charge in [0.2, 0.25) is 5.91 Å². The number of guanidine groups is 1. The van der Waals surface area contributed by atoms with Crippen molar-refractivity contribution < 1.29 is 4.79 Å². The van der Waals surface area contributed by atoms with E-state index < -0.39 is 5.41 Å². The number of rotatable bonds is 6. The SMILES string of the molecule is CCNC(=O)C(C)(C)CNC(=NC)N(C)Cc1csc(C)n1.I. The summed E-state index contributed by atoms with van der Waals surface area (Å²) in [6.45, 7) is 9.60. The number of carbonyl (C=O) groups excluding carboxylic acids is 1. The maximum Gasteiger partial charge on any atom is 0.227 e. The van der Waals surface area contributed by atoms with E-state index in [-0.39, 0.29) is 29.9 Å². The van der Waals surface area contributed by atoms with Crippen molar-refractivity contribution >= 4 is 47.2 Å². The van der Waals surface area contributed by atoms with Crippen LogP contribution >= 0.6 is 35.3 Å². The molecule has 0 aliphatic carbocycles. The lowest BCUT2D eigenvalue weighted by molar-refractivity contribution is -0.128. The number of nitrogens with one attached hydrogen (secondary N) is 2. The van der Waals surface area contributed by atoms with Crippen LogP contribution in [-0.4, -0.2) is 48.9 Å². The van der Waals surface area contributed by atoms with Crippen molar-refractivity contribution in [1.29, 1.82) is 0 Å². The van der Waals surface area contributed by atoms with Gasteiger partial charge >= 0.3 is 0 Å². The Balaban J connectivity index is 0.00000484. The highest BCUT2D eigenvalue weighted by atomic mass is 127. The van der Waals surface area contributed by atoms with Crippen LogP contribution in [0.25, 0.3) is 0 Å². The Bertz CT molecular complexity index is 530. The summed E-state index contributed by atoms with van der Waals surface area (Å²) in [4.78, 5) is 22.8. The van der Waals surface area contributed by atoms with E-state index in [9.17, 15) is 4.79 Å². The predicted octanol–water partition coefficient (Wildman–Crippen LogP) is 2.24. The summed E-state index contributed by atoms with van der Waals surface area (Å²) >= 11 is 1.64. The molecule has 23 heavy (non-hydrogen) atoms. The number of hydrogen-bond acceptors (Lipinski definition) is 4. The van der Waals surface area contributed by atoms with Crippen LogP contribution in [0, 0.1) is 12.3 Å². The molecule has 8 heteroatoms. The van der Waals surface area contributed by atoms with Gasteiger partial charge in [-0.2, -0.15) is 0 Å². The first-order chi connectivity index (χ1) is 10.3. The van der Waals surface area contributed by atoms with Gasteiger partial charge in [0.25, 0.3) is 0 Å². The lowest BCUT2D eigenvalue weighted by atomic mass is 9.92. The number of amides is 1. The molecule has 1 aromatic rings. The van der Waals surface area contributed by atoms with E-state index in [1.54, 1.807) is 18.4 Å². The van der Waals surface area contributed by atoms with Gasteiger partial charge in [-0.1, -0.05) is 0 Å². The Labute approximate surface area is 160 Å². The average molecular weight is 453 g/mol. The van der Waals surface area contributed by atoms with Crippen molar-refractivity contribution in [2.75, 3.05) is 27.2 Å². The number of aryl methyl sites for hydroxylation is 1. The van der Waals surface area contributed by atoms with Crippen molar-refractivity contribution in [2.24, 2.45) is 10.4 Å². The Hall–Kier alpha value is -0.900. The molecule has 0 unspecified atom stereocenters. The highest BCUT2D eigenvalue weighted by Crippen LogP contribution is 2.14. The summed E-state index contributed by atoms with van der Waals surface area (Å²) in [6.07, 6.45) is 0. The molecule has 1 heterocycles. The van der Waals surface area contributed by atoms with Gasteiger partial charge < -0.3 is 15.5 Å². The van der Waals surface area contributed by atoms with Gasteiger partial charge in [0.1, 0.15) is 0 Å². The second-order valence-electron chi connectivity index (χ2n) is 5.86. The Morgan fingerprint density at radius 2 is 2.09 bits per heavy atom. The van der Waals surface area contributed by atoms with E-state index in [2.05, 4.69) is 26.0 Å². The topological polar surface area (TPSA) is 69.6 Å². The standard InChI is InChI=1S/C15H27N5OS.HI/c1-7-17-13(21)15(3,4)10-18-14(16-5)20(6)8-12-9-22-11(2)19-12;/h9H,7-8,10H2,1-6H3,(H,16,18)(H,17,21);1H. The molecule has 1 amide bonds. The quantitative estimate of drug-likeness (QED) is 0.394. The highest BCUT2D eigenvalue weighted by molar-refractivity contribution is 14.0. The normalized spacial score (nSPS) is 11.7. The van der Waals surface area contributed by atoms with Crippen LogP contribution in [0.4, 0.5) is 0 Å². The fourth-order valence-electron chi connectivity index (χ4n) is 1.96. The third-order valence-corrected chi connectivity index (χ3v) is 4.10. The molecular weight excluding hydrogens is 425 g/mol. The monoisotopic (exact) mass is 453 g/mol. The minimum absolute atomic E-state index is 0. The fraction of sp³-hybridized carbons (Fsp3) is 0.667.